The van der Waals surface area contributed by atoms with Crippen molar-refractivity contribution in [1.82, 2.24) is 0 Å². The van der Waals surface area contributed by atoms with E-state index in [2.05, 4.69) is 76.4 Å². The predicted molar refractivity (Wildman–Crippen MR) is 80.0 cm³/mol. The molecule has 92 valence electrons. The second-order valence-electron chi connectivity index (χ2n) is 4.81. The van der Waals surface area contributed by atoms with Crippen LogP contribution in [0.4, 0.5) is 5.69 Å². The smallest absolute Gasteiger partial charge is 0.0542 e. The molecule has 3 rings (SSSR count). The summed E-state index contributed by atoms with van der Waals surface area (Å²) in [6.07, 6.45) is 2.32. The minimum Gasteiger partial charge on any atom is -0.367 e. The first-order valence-electron chi connectivity index (χ1n) is 6.32. The van der Waals surface area contributed by atoms with Crippen LogP contribution in [0.2, 0.25) is 0 Å². The predicted octanol–water partition coefficient (Wildman–Crippen LogP) is 4.57. The number of nitrogens with zero attached hydrogens (tertiary/aromatic N) is 1. The fraction of sp³-hybridized carbons (Fsp3) is 0.250. The molecule has 18 heavy (non-hydrogen) atoms. The summed E-state index contributed by atoms with van der Waals surface area (Å²) >= 11 is 3.66. The summed E-state index contributed by atoms with van der Waals surface area (Å²) < 4.78 is 1.23. The summed E-state index contributed by atoms with van der Waals surface area (Å²) in [5.41, 5.74) is 4.20. The van der Waals surface area contributed by atoms with Gasteiger partial charge in [0.15, 0.2) is 0 Å². The molecule has 0 saturated heterocycles. The van der Waals surface area contributed by atoms with E-state index in [4.69, 9.17) is 0 Å². The Morgan fingerprint density at radius 3 is 2.61 bits per heavy atom. The lowest BCUT2D eigenvalue weighted by molar-refractivity contribution is 0.583. The highest BCUT2D eigenvalue weighted by atomic mass is 79.9. The number of hydrogen-bond acceptors (Lipinski definition) is 1. The van der Waals surface area contributed by atoms with Gasteiger partial charge in [-0.1, -0.05) is 52.3 Å². The molecule has 1 nitrogen and oxygen atoms in total. The second kappa shape index (κ2) is 4.77. The maximum Gasteiger partial charge on any atom is 0.0542 e. The van der Waals surface area contributed by atoms with Gasteiger partial charge in [0.1, 0.15) is 0 Å². The van der Waals surface area contributed by atoms with Gasteiger partial charge in [0.2, 0.25) is 0 Å². The largest absolute Gasteiger partial charge is 0.367 e. The Labute approximate surface area is 117 Å². The van der Waals surface area contributed by atoms with E-state index in [1.807, 2.05) is 0 Å². The lowest BCUT2D eigenvalue weighted by Crippen LogP contribution is -2.29. The van der Waals surface area contributed by atoms with Gasteiger partial charge in [-0.25, -0.2) is 0 Å². The number of anilines is 1. The average molecular weight is 302 g/mol. The fourth-order valence-corrected chi connectivity index (χ4v) is 3.39. The van der Waals surface area contributed by atoms with Gasteiger partial charge >= 0.3 is 0 Å². The van der Waals surface area contributed by atoms with Crippen LogP contribution in [0.15, 0.2) is 53.0 Å². The lowest BCUT2D eigenvalue weighted by atomic mass is 9.92. The number of hydrogen-bond donors (Lipinski definition) is 0. The van der Waals surface area contributed by atoms with Crippen molar-refractivity contribution in [3.8, 4) is 0 Å². The molecule has 0 saturated carbocycles. The Hall–Kier alpha value is -1.28. The molecule has 1 unspecified atom stereocenters. The highest BCUT2D eigenvalue weighted by Gasteiger charge is 2.25. The summed E-state index contributed by atoms with van der Waals surface area (Å²) in [4.78, 5) is 2.40. The Morgan fingerprint density at radius 1 is 1.06 bits per heavy atom. The molecule has 0 N–H and O–H groups in total. The van der Waals surface area contributed by atoms with Gasteiger partial charge in [-0.05, 0) is 36.1 Å². The van der Waals surface area contributed by atoms with Gasteiger partial charge in [-0.15, -0.1) is 0 Å². The topological polar surface area (TPSA) is 3.24 Å². The monoisotopic (exact) mass is 301 g/mol. The Balaban J connectivity index is 2.00. The van der Waals surface area contributed by atoms with E-state index in [-0.39, 0.29) is 0 Å². The quantitative estimate of drug-likeness (QED) is 0.745. The third-order valence-corrected chi connectivity index (χ3v) is 4.54. The van der Waals surface area contributed by atoms with Crippen LogP contribution in [-0.2, 0) is 6.42 Å². The van der Waals surface area contributed by atoms with Crippen LogP contribution in [0.1, 0.15) is 23.6 Å². The van der Waals surface area contributed by atoms with Crippen molar-refractivity contribution in [1.29, 1.82) is 0 Å². The van der Waals surface area contributed by atoms with E-state index < -0.39 is 0 Å². The summed E-state index contributed by atoms with van der Waals surface area (Å²) in [7, 11) is 2.20. The molecule has 0 aliphatic carbocycles. The normalized spacial score (nSPS) is 18.6. The van der Waals surface area contributed by atoms with Crippen molar-refractivity contribution >= 4 is 21.6 Å². The van der Waals surface area contributed by atoms with Gasteiger partial charge in [-0.2, -0.15) is 0 Å². The van der Waals surface area contributed by atoms with Crippen LogP contribution in [0.25, 0.3) is 0 Å². The van der Waals surface area contributed by atoms with Gasteiger partial charge in [0.25, 0.3) is 0 Å². The van der Waals surface area contributed by atoms with Crippen LogP contribution in [0, 0.1) is 0 Å². The Kier molecular flexibility index (Phi) is 3.13. The fourth-order valence-electron chi connectivity index (χ4n) is 2.83. The molecule has 0 radical (unpaired) electrons. The van der Waals surface area contributed by atoms with Crippen LogP contribution in [-0.4, -0.2) is 7.05 Å². The highest BCUT2D eigenvalue weighted by Crippen LogP contribution is 2.39. The molecule has 1 atom stereocenters. The van der Waals surface area contributed by atoms with Crippen LogP contribution < -0.4 is 4.90 Å². The maximum absolute atomic E-state index is 3.66. The zero-order valence-corrected chi connectivity index (χ0v) is 12.0. The molecule has 1 aliphatic heterocycles. The minimum atomic E-state index is 0.494. The first kappa shape index (κ1) is 11.8. The molecule has 2 heteroatoms. The average Bonchev–Trinajstić information content (AvgIpc) is 2.41. The molecular weight excluding hydrogens is 286 g/mol. The molecule has 0 amide bonds. The van der Waals surface area contributed by atoms with Crippen molar-refractivity contribution in [3.63, 3.8) is 0 Å². The molecule has 0 spiro atoms. The van der Waals surface area contributed by atoms with Gasteiger partial charge < -0.3 is 4.90 Å². The number of fused-ring (bicyclic) bond motifs is 1. The zero-order chi connectivity index (χ0) is 12.5. The van der Waals surface area contributed by atoms with E-state index in [0.717, 1.165) is 6.42 Å². The zero-order valence-electron chi connectivity index (χ0n) is 10.4. The van der Waals surface area contributed by atoms with E-state index >= 15 is 0 Å². The Morgan fingerprint density at radius 2 is 1.83 bits per heavy atom. The highest BCUT2D eigenvalue weighted by molar-refractivity contribution is 9.10. The standard InChI is InChI=1S/C16H16BrN/c1-18-15(12-6-3-2-4-7-12)11-10-13-14(17)8-5-9-16(13)18/h2-9,15H,10-11H2,1H3. The molecule has 2 aromatic rings. The second-order valence-corrected chi connectivity index (χ2v) is 5.67. The maximum atomic E-state index is 3.66. The van der Waals surface area contributed by atoms with Crippen molar-refractivity contribution < 1.29 is 0 Å². The minimum absolute atomic E-state index is 0.494. The molecule has 1 heterocycles. The molecule has 0 fully saturated rings. The number of benzene rings is 2. The van der Waals surface area contributed by atoms with Gasteiger partial charge in [0, 0.05) is 17.2 Å². The summed E-state index contributed by atoms with van der Waals surface area (Å²) in [5, 5.41) is 0. The van der Waals surface area contributed by atoms with Crippen molar-refractivity contribution in [2.24, 2.45) is 0 Å². The van der Waals surface area contributed by atoms with Crippen molar-refractivity contribution in [2.75, 3.05) is 11.9 Å². The van der Waals surface area contributed by atoms with E-state index in [1.165, 1.54) is 27.7 Å². The van der Waals surface area contributed by atoms with E-state index in [0.29, 0.717) is 6.04 Å². The summed E-state index contributed by atoms with van der Waals surface area (Å²) in [6.45, 7) is 0. The number of rotatable bonds is 1. The molecule has 1 aliphatic rings. The SMILES string of the molecule is CN1c2cccc(Br)c2CCC1c1ccccc1. The molecular formula is C16H16BrN. The van der Waals surface area contributed by atoms with Crippen LogP contribution in [0.5, 0.6) is 0 Å². The molecule has 0 aromatic heterocycles. The Bertz CT molecular complexity index is 550. The van der Waals surface area contributed by atoms with Gasteiger partial charge in [-0.3, -0.25) is 0 Å². The third-order valence-electron chi connectivity index (χ3n) is 3.79. The van der Waals surface area contributed by atoms with Crippen LogP contribution in [0.3, 0.4) is 0 Å². The van der Waals surface area contributed by atoms with Crippen LogP contribution >= 0.6 is 15.9 Å². The summed E-state index contributed by atoms with van der Waals surface area (Å²) in [5.74, 6) is 0. The van der Waals surface area contributed by atoms with Crippen molar-refractivity contribution in [2.45, 2.75) is 18.9 Å². The van der Waals surface area contributed by atoms with E-state index in [1.54, 1.807) is 0 Å². The lowest BCUT2D eigenvalue weighted by Gasteiger charge is -2.36. The number of halogens is 1. The van der Waals surface area contributed by atoms with E-state index in [9.17, 15) is 0 Å². The van der Waals surface area contributed by atoms with Crippen molar-refractivity contribution in [3.05, 3.63) is 64.1 Å². The first-order valence-corrected chi connectivity index (χ1v) is 7.12. The summed E-state index contributed by atoms with van der Waals surface area (Å²) in [6, 6.07) is 17.7. The molecule has 0 bridgehead atoms. The first-order chi connectivity index (χ1) is 8.77. The third kappa shape index (κ3) is 1.95. The van der Waals surface area contributed by atoms with Gasteiger partial charge in [0.05, 0.1) is 6.04 Å². The molecule has 2 aromatic carbocycles.